The molecule has 0 atom stereocenters. The summed E-state index contributed by atoms with van der Waals surface area (Å²) in [5.74, 6) is 0. The Morgan fingerprint density at radius 1 is 0.319 bits per heavy atom. The number of hydrogen-bond donors (Lipinski definition) is 0. The van der Waals surface area contributed by atoms with Gasteiger partial charge in [-0.25, -0.2) is 0 Å². The highest BCUT2D eigenvalue weighted by Gasteiger charge is 2.24. The Kier molecular flexibility index (Phi) is 6.54. The van der Waals surface area contributed by atoms with Crippen molar-refractivity contribution < 1.29 is 0 Å². The third-order valence-electron chi connectivity index (χ3n) is 9.38. The smallest absolute Gasteiger partial charge is 0.0618 e. The summed E-state index contributed by atoms with van der Waals surface area (Å²) in [5.41, 5.74) is 8.28. The highest BCUT2D eigenvalue weighted by molar-refractivity contribution is 6.17. The van der Waals surface area contributed by atoms with Gasteiger partial charge in [-0.1, -0.05) is 164 Å². The van der Waals surface area contributed by atoms with Gasteiger partial charge >= 0.3 is 0 Å². The maximum atomic E-state index is 2.51. The number of anilines is 3. The van der Waals surface area contributed by atoms with Crippen LogP contribution >= 0.6 is 0 Å². The average molecular weight is 598 g/mol. The first-order chi connectivity index (χ1) is 23.3. The van der Waals surface area contributed by atoms with Gasteiger partial charge in [0.2, 0.25) is 0 Å². The zero-order chi connectivity index (χ0) is 31.2. The van der Waals surface area contributed by atoms with Gasteiger partial charge in [-0.2, -0.15) is 0 Å². The molecule has 0 radical (unpaired) electrons. The van der Waals surface area contributed by atoms with Crippen LogP contribution in [0.4, 0.5) is 17.1 Å². The average Bonchev–Trinajstić information content (AvgIpc) is 3.15. The molecule has 0 spiro atoms. The Morgan fingerprint density at radius 2 is 0.851 bits per heavy atom. The first-order valence-corrected chi connectivity index (χ1v) is 16.2. The van der Waals surface area contributed by atoms with Crippen LogP contribution in [0.2, 0.25) is 0 Å². The second kappa shape index (κ2) is 11.3. The van der Waals surface area contributed by atoms with Crippen LogP contribution in [-0.2, 0) is 0 Å². The molecule has 47 heavy (non-hydrogen) atoms. The lowest BCUT2D eigenvalue weighted by molar-refractivity contribution is 1.32. The van der Waals surface area contributed by atoms with Crippen molar-refractivity contribution in [2.75, 3.05) is 4.90 Å². The molecule has 0 aromatic heterocycles. The van der Waals surface area contributed by atoms with Crippen LogP contribution in [0.15, 0.2) is 188 Å². The molecule has 0 unspecified atom stereocenters. The lowest BCUT2D eigenvalue weighted by Crippen LogP contribution is -2.13. The molecule has 0 amide bonds. The zero-order valence-electron chi connectivity index (χ0n) is 25.8. The van der Waals surface area contributed by atoms with Crippen molar-refractivity contribution in [3.63, 3.8) is 0 Å². The Labute approximate surface area is 274 Å². The summed E-state index contributed by atoms with van der Waals surface area (Å²) in [6, 6.07) is 68.4. The van der Waals surface area contributed by atoms with Crippen LogP contribution in [0, 0.1) is 0 Å². The summed E-state index contributed by atoms with van der Waals surface area (Å²) in [7, 11) is 0. The quantitative estimate of drug-likeness (QED) is 0.178. The van der Waals surface area contributed by atoms with E-state index in [0.717, 1.165) is 11.4 Å². The molecule has 0 fully saturated rings. The van der Waals surface area contributed by atoms with Crippen molar-refractivity contribution in [3.8, 4) is 22.3 Å². The van der Waals surface area contributed by atoms with Crippen molar-refractivity contribution >= 4 is 60.2 Å². The molecule has 0 heterocycles. The van der Waals surface area contributed by atoms with Gasteiger partial charge in [-0.15, -0.1) is 0 Å². The molecule has 1 heteroatoms. The van der Waals surface area contributed by atoms with E-state index >= 15 is 0 Å². The molecule has 220 valence electrons. The van der Waals surface area contributed by atoms with Crippen LogP contribution in [0.25, 0.3) is 65.3 Å². The SMILES string of the molecule is c1ccc(-c2cccc(N(c3ccc4ccccc4c3-c3cccc4ccccc34)c3c4ccccc4cc4ccccc34)c2)cc1. The van der Waals surface area contributed by atoms with E-state index in [9.17, 15) is 0 Å². The van der Waals surface area contributed by atoms with Crippen molar-refractivity contribution in [1.82, 2.24) is 0 Å². The Hall–Kier alpha value is -6.18. The van der Waals surface area contributed by atoms with Gasteiger partial charge in [0.15, 0.2) is 0 Å². The van der Waals surface area contributed by atoms with Gasteiger partial charge in [0.05, 0.1) is 11.4 Å². The lowest BCUT2D eigenvalue weighted by atomic mass is 9.91. The molecule has 0 saturated carbocycles. The fourth-order valence-electron chi connectivity index (χ4n) is 7.25. The number of nitrogens with zero attached hydrogens (tertiary/aromatic N) is 1. The fraction of sp³-hybridized carbons (Fsp3) is 0. The highest BCUT2D eigenvalue weighted by Crippen LogP contribution is 2.50. The van der Waals surface area contributed by atoms with Gasteiger partial charge in [-0.3, -0.25) is 0 Å². The van der Waals surface area contributed by atoms with E-state index in [1.54, 1.807) is 0 Å². The first kappa shape index (κ1) is 27.2. The standard InChI is InChI=1S/C46H31N/c1-2-14-32(15-3-1)35-21-12-22-38(31-35)47(46-41-25-10-6-18-36(41)30-37-19-7-11-26-42(37)46)44-29-28-34-17-5-9-24-40(34)45(44)43-27-13-20-33-16-4-8-23-39(33)43/h1-31H. The molecule has 0 aliphatic rings. The van der Waals surface area contributed by atoms with Gasteiger partial charge < -0.3 is 4.90 Å². The molecule has 0 aliphatic carbocycles. The molecule has 0 bridgehead atoms. The van der Waals surface area contributed by atoms with Crippen molar-refractivity contribution in [2.45, 2.75) is 0 Å². The Balaban J connectivity index is 1.45. The molecule has 9 aromatic rings. The second-order valence-corrected chi connectivity index (χ2v) is 12.1. The summed E-state index contributed by atoms with van der Waals surface area (Å²) >= 11 is 0. The summed E-state index contributed by atoms with van der Waals surface area (Å²) < 4.78 is 0. The Bertz CT molecular complexity index is 2520. The summed E-state index contributed by atoms with van der Waals surface area (Å²) in [6.45, 7) is 0. The van der Waals surface area contributed by atoms with Crippen LogP contribution in [-0.4, -0.2) is 0 Å². The van der Waals surface area contributed by atoms with Crippen LogP contribution in [0.3, 0.4) is 0 Å². The Morgan fingerprint density at radius 3 is 1.57 bits per heavy atom. The molecular formula is C46H31N. The zero-order valence-corrected chi connectivity index (χ0v) is 25.8. The highest BCUT2D eigenvalue weighted by atomic mass is 15.1. The van der Waals surface area contributed by atoms with E-state index in [0.29, 0.717) is 0 Å². The van der Waals surface area contributed by atoms with Gasteiger partial charge in [-0.05, 0) is 73.3 Å². The maximum absolute atomic E-state index is 2.51. The lowest BCUT2D eigenvalue weighted by Gasteiger charge is -2.31. The van der Waals surface area contributed by atoms with Crippen LogP contribution in [0.1, 0.15) is 0 Å². The first-order valence-electron chi connectivity index (χ1n) is 16.2. The molecule has 0 N–H and O–H groups in total. The minimum atomic E-state index is 1.12. The largest absolute Gasteiger partial charge is 0.309 e. The van der Waals surface area contributed by atoms with E-state index < -0.39 is 0 Å². The fourth-order valence-corrected chi connectivity index (χ4v) is 7.25. The molecule has 1 nitrogen and oxygen atoms in total. The molecule has 0 aliphatic heterocycles. The van der Waals surface area contributed by atoms with E-state index in [2.05, 4.69) is 193 Å². The normalized spacial score (nSPS) is 11.4. The molecule has 9 aromatic carbocycles. The number of benzene rings is 9. The maximum Gasteiger partial charge on any atom is 0.0618 e. The summed E-state index contributed by atoms with van der Waals surface area (Å²) in [6.07, 6.45) is 0. The molecular weight excluding hydrogens is 567 g/mol. The third-order valence-corrected chi connectivity index (χ3v) is 9.38. The number of hydrogen-bond acceptors (Lipinski definition) is 1. The summed E-state index contributed by atoms with van der Waals surface area (Å²) in [5, 5.41) is 9.80. The van der Waals surface area contributed by atoms with Crippen LogP contribution in [0.5, 0.6) is 0 Å². The molecule has 0 saturated heterocycles. The number of rotatable bonds is 5. The monoisotopic (exact) mass is 597 g/mol. The minimum absolute atomic E-state index is 1.12. The van der Waals surface area contributed by atoms with E-state index in [1.165, 1.54) is 71.0 Å². The van der Waals surface area contributed by atoms with Gasteiger partial charge in [0.1, 0.15) is 0 Å². The third kappa shape index (κ3) is 4.64. The van der Waals surface area contributed by atoms with Crippen LogP contribution < -0.4 is 4.90 Å². The molecule has 9 rings (SSSR count). The van der Waals surface area contributed by atoms with Gasteiger partial charge in [0.25, 0.3) is 0 Å². The second-order valence-electron chi connectivity index (χ2n) is 12.1. The van der Waals surface area contributed by atoms with Gasteiger partial charge in [0, 0.05) is 22.0 Å². The van der Waals surface area contributed by atoms with E-state index in [4.69, 9.17) is 0 Å². The minimum Gasteiger partial charge on any atom is -0.309 e. The van der Waals surface area contributed by atoms with Crippen molar-refractivity contribution in [1.29, 1.82) is 0 Å². The van der Waals surface area contributed by atoms with E-state index in [1.807, 2.05) is 0 Å². The predicted molar refractivity (Wildman–Crippen MR) is 202 cm³/mol. The predicted octanol–water partition coefficient (Wildman–Crippen LogP) is 13.1. The number of fused-ring (bicyclic) bond motifs is 4. The van der Waals surface area contributed by atoms with Crippen molar-refractivity contribution in [2.24, 2.45) is 0 Å². The summed E-state index contributed by atoms with van der Waals surface area (Å²) in [4.78, 5) is 2.51. The van der Waals surface area contributed by atoms with Crippen molar-refractivity contribution in [3.05, 3.63) is 188 Å². The van der Waals surface area contributed by atoms with E-state index in [-0.39, 0.29) is 0 Å². The topological polar surface area (TPSA) is 3.24 Å².